The minimum absolute atomic E-state index is 0.159. The van der Waals surface area contributed by atoms with Gasteiger partial charge in [-0.25, -0.2) is 4.79 Å². The van der Waals surface area contributed by atoms with Gasteiger partial charge in [-0.05, 0) is 12.1 Å². The van der Waals surface area contributed by atoms with Crippen molar-refractivity contribution < 1.29 is 23.9 Å². The normalized spacial score (nSPS) is 20.8. The minimum Gasteiger partial charge on any atom is -0.483 e. The zero-order chi connectivity index (χ0) is 18.0. The van der Waals surface area contributed by atoms with E-state index in [1.54, 1.807) is 6.07 Å². The molecule has 2 aliphatic heterocycles. The zero-order valence-electron chi connectivity index (χ0n) is 14.3. The summed E-state index contributed by atoms with van der Waals surface area (Å²) in [7, 11) is 3.35. The van der Waals surface area contributed by atoms with E-state index in [-0.39, 0.29) is 18.6 Å². The predicted molar refractivity (Wildman–Crippen MR) is 91.1 cm³/mol. The number of cyclic esters (lactones) is 1. The Morgan fingerprint density at radius 2 is 2.28 bits per heavy atom. The Balaban J connectivity index is 1.76. The highest BCUT2D eigenvalue weighted by Crippen LogP contribution is 2.36. The largest absolute Gasteiger partial charge is 0.483 e. The molecule has 9 heteroatoms. The number of nitrogens with one attached hydrogen (secondary N) is 1. The summed E-state index contributed by atoms with van der Waals surface area (Å²) in [4.78, 5) is 31.3. The molecule has 134 valence electrons. The van der Waals surface area contributed by atoms with Crippen molar-refractivity contribution in [3.8, 4) is 5.75 Å². The van der Waals surface area contributed by atoms with Crippen molar-refractivity contribution in [2.75, 3.05) is 43.7 Å². The van der Waals surface area contributed by atoms with E-state index in [0.29, 0.717) is 30.4 Å². The van der Waals surface area contributed by atoms with Crippen LogP contribution in [0.3, 0.4) is 0 Å². The Kier molecular flexibility index (Phi) is 4.64. The maximum Gasteiger partial charge on any atom is 0.414 e. The lowest BCUT2D eigenvalue weighted by atomic mass is 10.2. The fraction of sp³-hybridized carbons (Fsp3) is 0.438. The number of amidine groups is 1. The molecule has 2 amide bonds. The van der Waals surface area contributed by atoms with Gasteiger partial charge in [-0.1, -0.05) is 5.16 Å². The Bertz CT molecular complexity index is 720. The van der Waals surface area contributed by atoms with Crippen LogP contribution in [0.25, 0.3) is 0 Å². The van der Waals surface area contributed by atoms with E-state index in [0.717, 1.165) is 5.69 Å². The number of fused-ring (bicyclic) bond motifs is 1. The van der Waals surface area contributed by atoms with Crippen LogP contribution < -0.4 is 19.9 Å². The fourth-order valence-electron chi connectivity index (χ4n) is 2.73. The SMILES string of the molecule is CON=C1COc2cc(N3CC(CNC(C)=O)OC3=O)ccc2N1C. The van der Waals surface area contributed by atoms with Gasteiger partial charge in [-0.15, -0.1) is 0 Å². The number of nitrogens with zero attached hydrogens (tertiary/aromatic N) is 3. The van der Waals surface area contributed by atoms with E-state index in [4.69, 9.17) is 14.3 Å². The Hall–Kier alpha value is -2.97. The van der Waals surface area contributed by atoms with E-state index < -0.39 is 6.09 Å². The van der Waals surface area contributed by atoms with Gasteiger partial charge >= 0.3 is 6.09 Å². The van der Waals surface area contributed by atoms with E-state index in [1.807, 2.05) is 24.1 Å². The summed E-state index contributed by atoms with van der Waals surface area (Å²) in [5.41, 5.74) is 1.50. The molecule has 0 saturated carbocycles. The number of oxime groups is 1. The second-order valence-electron chi connectivity index (χ2n) is 5.74. The van der Waals surface area contributed by atoms with Crippen LogP contribution in [-0.2, 0) is 14.4 Å². The van der Waals surface area contributed by atoms with Gasteiger partial charge in [0.15, 0.2) is 5.84 Å². The smallest absolute Gasteiger partial charge is 0.414 e. The van der Waals surface area contributed by atoms with Crippen molar-refractivity contribution in [1.29, 1.82) is 0 Å². The summed E-state index contributed by atoms with van der Waals surface area (Å²) in [6.45, 7) is 2.35. The van der Waals surface area contributed by atoms with Crippen molar-refractivity contribution in [3.63, 3.8) is 0 Å². The highest BCUT2D eigenvalue weighted by Gasteiger charge is 2.33. The summed E-state index contributed by atoms with van der Waals surface area (Å²) >= 11 is 0. The molecule has 0 bridgehead atoms. The molecule has 0 radical (unpaired) electrons. The minimum atomic E-state index is -0.443. The molecule has 1 fully saturated rings. The zero-order valence-corrected chi connectivity index (χ0v) is 14.3. The second kappa shape index (κ2) is 6.88. The summed E-state index contributed by atoms with van der Waals surface area (Å²) < 4.78 is 11.0. The summed E-state index contributed by atoms with van der Waals surface area (Å²) in [5.74, 6) is 1.14. The third-order valence-electron chi connectivity index (χ3n) is 4.01. The van der Waals surface area contributed by atoms with E-state index >= 15 is 0 Å². The highest BCUT2D eigenvalue weighted by atomic mass is 16.6. The van der Waals surface area contributed by atoms with Gasteiger partial charge in [0.1, 0.15) is 25.6 Å². The Morgan fingerprint density at radius 3 is 3.00 bits per heavy atom. The third kappa shape index (κ3) is 3.44. The number of benzene rings is 1. The average molecular weight is 348 g/mol. The first kappa shape index (κ1) is 16.9. The van der Waals surface area contributed by atoms with Crippen LogP contribution in [0.2, 0.25) is 0 Å². The maximum absolute atomic E-state index is 12.1. The molecule has 2 aliphatic rings. The molecule has 1 saturated heterocycles. The van der Waals surface area contributed by atoms with Crippen LogP contribution in [0, 0.1) is 0 Å². The summed E-state index contributed by atoms with van der Waals surface area (Å²) in [6, 6.07) is 5.46. The van der Waals surface area contributed by atoms with Crippen LogP contribution >= 0.6 is 0 Å². The molecule has 1 atom stereocenters. The monoisotopic (exact) mass is 348 g/mol. The number of hydrogen-bond donors (Lipinski definition) is 1. The lowest BCUT2D eigenvalue weighted by Gasteiger charge is -2.29. The van der Waals surface area contributed by atoms with Crippen molar-refractivity contribution in [2.45, 2.75) is 13.0 Å². The molecule has 1 aromatic carbocycles. The van der Waals surface area contributed by atoms with Crippen LogP contribution in [-0.4, -0.2) is 57.8 Å². The van der Waals surface area contributed by atoms with Gasteiger partial charge in [-0.3, -0.25) is 9.69 Å². The van der Waals surface area contributed by atoms with Gasteiger partial charge in [0.2, 0.25) is 5.91 Å². The number of amides is 2. The molecule has 0 aromatic heterocycles. The molecule has 2 heterocycles. The Morgan fingerprint density at radius 1 is 1.48 bits per heavy atom. The first-order valence-corrected chi connectivity index (χ1v) is 7.82. The first-order chi connectivity index (χ1) is 12.0. The number of rotatable bonds is 4. The van der Waals surface area contributed by atoms with Gasteiger partial charge in [0.25, 0.3) is 0 Å². The Labute approximate surface area is 145 Å². The van der Waals surface area contributed by atoms with E-state index in [2.05, 4.69) is 10.5 Å². The summed E-state index contributed by atoms with van der Waals surface area (Å²) in [6.07, 6.45) is -0.822. The number of hydrogen-bond acceptors (Lipinski definition) is 6. The quantitative estimate of drug-likeness (QED) is 0.814. The molecule has 9 nitrogen and oxygen atoms in total. The number of anilines is 2. The van der Waals surface area contributed by atoms with Crippen molar-refractivity contribution >= 4 is 29.2 Å². The molecule has 0 spiro atoms. The van der Waals surface area contributed by atoms with E-state index in [1.165, 1.54) is 18.9 Å². The molecule has 1 aromatic rings. The van der Waals surface area contributed by atoms with Gasteiger partial charge < -0.3 is 24.5 Å². The number of ether oxygens (including phenoxy) is 2. The molecule has 3 rings (SSSR count). The molecule has 25 heavy (non-hydrogen) atoms. The molecule has 0 aliphatic carbocycles. The lowest BCUT2D eigenvalue weighted by Crippen LogP contribution is -2.36. The summed E-state index contributed by atoms with van der Waals surface area (Å²) in [5, 5.41) is 6.57. The van der Waals surface area contributed by atoms with Gasteiger partial charge in [0, 0.05) is 20.0 Å². The van der Waals surface area contributed by atoms with E-state index in [9.17, 15) is 9.59 Å². The number of carbonyl (C=O) groups excluding carboxylic acids is 2. The molecular weight excluding hydrogens is 328 g/mol. The number of likely N-dealkylation sites (N-methyl/N-ethyl adjacent to an activating group) is 1. The second-order valence-corrected chi connectivity index (χ2v) is 5.74. The van der Waals surface area contributed by atoms with Gasteiger partial charge in [0.05, 0.1) is 24.5 Å². The third-order valence-corrected chi connectivity index (χ3v) is 4.01. The predicted octanol–water partition coefficient (Wildman–Crippen LogP) is 0.936. The van der Waals surface area contributed by atoms with Crippen LogP contribution in [0.4, 0.5) is 16.2 Å². The van der Waals surface area contributed by atoms with Crippen molar-refractivity contribution in [2.24, 2.45) is 5.16 Å². The first-order valence-electron chi connectivity index (χ1n) is 7.82. The van der Waals surface area contributed by atoms with Crippen LogP contribution in [0.1, 0.15) is 6.92 Å². The topological polar surface area (TPSA) is 92.7 Å². The highest BCUT2D eigenvalue weighted by molar-refractivity contribution is 6.01. The van der Waals surface area contributed by atoms with Crippen molar-refractivity contribution in [1.82, 2.24) is 5.32 Å². The lowest BCUT2D eigenvalue weighted by molar-refractivity contribution is -0.119. The molecule has 1 N–H and O–H groups in total. The molecular formula is C16H20N4O5. The standard InChI is InChI=1S/C16H20N4O5/c1-10(21)17-7-12-8-20(16(22)25-12)11-4-5-13-14(6-11)24-9-15(18-23-3)19(13)2/h4-6,12H,7-9H2,1-3H3,(H,17,21). The fourth-order valence-corrected chi connectivity index (χ4v) is 2.73. The van der Waals surface area contributed by atoms with Crippen molar-refractivity contribution in [3.05, 3.63) is 18.2 Å². The number of carbonyl (C=O) groups is 2. The van der Waals surface area contributed by atoms with Gasteiger partial charge in [-0.2, -0.15) is 0 Å². The van der Waals surface area contributed by atoms with Crippen LogP contribution in [0.15, 0.2) is 23.4 Å². The van der Waals surface area contributed by atoms with Crippen LogP contribution in [0.5, 0.6) is 5.75 Å². The molecule has 1 unspecified atom stereocenters. The average Bonchev–Trinajstić information content (AvgIpc) is 2.96. The maximum atomic E-state index is 12.1.